The number of rotatable bonds is 6. The van der Waals surface area contributed by atoms with Crippen molar-refractivity contribution in [2.75, 3.05) is 12.0 Å². The highest BCUT2D eigenvalue weighted by Gasteiger charge is 2.36. The Labute approximate surface area is 199 Å². The molecule has 1 N–H and O–H groups in total. The van der Waals surface area contributed by atoms with Crippen molar-refractivity contribution in [3.8, 4) is 11.5 Å². The van der Waals surface area contributed by atoms with Gasteiger partial charge in [-0.05, 0) is 65.7 Å². The van der Waals surface area contributed by atoms with E-state index in [1.165, 1.54) is 43.5 Å². The van der Waals surface area contributed by atoms with Crippen molar-refractivity contribution >= 4 is 41.2 Å². The minimum Gasteiger partial charge on any atom is -0.497 e. The molecule has 1 aliphatic heterocycles. The number of nitrogens with one attached hydrogen (secondary N) is 1. The molecule has 1 aliphatic rings. The minimum absolute atomic E-state index is 0.181. The maximum atomic E-state index is 13.0. The molecule has 4 rings (SSSR count). The third kappa shape index (κ3) is 4.92. The van der Waals surface area contributed by atoms with Crippen molar-refractivity contribution in [3.63, 3.8) is 0 Å². The number of hydrogen-bond acceptors (Lipinski definition) is 5. The van der Waals surface area contributed by atoms with E-state index in [-0.39, 0.29) is 28.7 Å². The molecule has 0 atom stereocenters. The summed E-state index contributed by atoms with van der Waals surface area (Å²) in [5.41, 5.74) is 1.27. The smallest absolute Gasteiger partial charge is 0.335 e. The minimum atomic E-state index is -0.847. The van der Waals surface area contributed by atoms with Gasteiger partial charge in [0.1, 0.15) is 29.5 Å². The molecule has 1 fully saturated rings. The molecule has 7 nitrogen and oxygen atoms in total. The van der Waals surface area contributed by atoms with Crippen molar-refractivity contribution < 1.29 is 28.2 Å². The van der Waals surface area contributed by atoms with Crippen LogP contribution >= 0.6 is 11.6 Å². The van der Waals surface area contributed by atoms with Crippen LogP contribution in [0.4, 0.5) is 14.9 Å². The van der Waals surface area contributed by atoms with Gasteiger partial charge >= 0.3 is 6.03 Å². The molecule has 172 valence electrons. The molecule has 0 unspecified atom stereocenters. The van der Waals surface area contributed by atoms with E-state index in [0.29, 0.717) is 17.1 Å². The number of carbonyl (C=O) groups excluding carboxylic acids is 3. The van der Waals surface area contributed by atoms with Crippen molar-refractivity contribution in [2.24, 2.45) is 0 Å². The fourth-order valence-electron chi connectivity index (χ4n) is 3.26. The lowest BCUT2D eigenvalue weighted by atomic mass is 10.1. The summed E-state index contributed by atoms with van der Waals surface area (Å²) in [4.78, 5) is 38.6. The van der Waals surface area contributed by atoms with Gasteiger partial charge in [-0.15, -0.1) is 0 Å². The fraction of sp³-hybridized carbons (Fsp3) is 0.0800. The zero-order valence-electron chi connectivity index (χ0n) is 17.9. The van der Waals surface area contributed by atoms with E-state index in [9.17, 15) is 18.8 Å². The monoisotopic (exact) mass is 480 g/mol. The first-order chi connectivity index (χ1) is 16.4. The molecule has 4 amide bonds. The predicted octanol–water partition coefficient (Wildman–Crippen LogP) is 4.73. The Hall–Kier alpha value is -4.17. The Balaban J connectivity index is 1.54. The van der Waals surface area contributed by atoms with E-state index in [4.69, 9.17) is 21.1 Å². The van der Waals surface area contributed by atoms with Crippen LogP contribution in [-0.2, 0) is 16.2 Å². The largest absolute Gasteiger partial charge is 0.497 e. The Morgan fingerprint density at radius 1 is 1.00 bits per heavy atom. The molecule has 0 aliphatic carbocycles. The Morgan fingerprint density at radius 3 is 2.35 bits per heavy atom. The summed E-state index contributed by atoms with van der Waals surface area (Å²) in [6.07, 6.45) is 1.34. The predicted molar refractivity (Wildman–Crippen MR) is 124 cm³/mol. The van der Waals surface area contributed by atoms with Crippen molar-refractivity contribution in [1.29, 1.82) is 0 Å². The zero-order chi connectivity index (χ0) is 24.2. The van der Waals surface area contributed by atoms with Crippen LogP contribution in [0.1, 0.15) is 11.1 Å². The Kier molecular flexibility index (Phi) is 6.60. The van der Waals surface area contributed by atoms with E-state index in [0.717, 1.165) is 10.5 Å². The van der Waals surface area contributed by atoms with Gasteiger partial charge in [0.2, 0.25) is 0 Å². The van der Waals surface area contributed by atoms with Gasteiger partial charge in [0.25, 0.3) is 11.8 Å². The summed E-state index contributed by atoms with van der Waals surface area (Å²) in [5.74, 6) is -0.994. The van der Waals surface area contributed by atoms with Gasteiger partial charge in [-0.2, -0.15) is 0 Å². The summed E-state index contributed by atoms with van der Waals surface area (Å²) in [6, 6.07) is 16.0. The quantitative estimate of drug-likeness (QED) is 0.407. The number of carbonyl (C=O) groups is 3. The van der Waals surface area contributed by atoms with E-state index in [1.54, 1.807) is 36.4 Å². The molecule has 34 heavy (non-hydrogen) atoms. The molecule has 1 saturated heterocycles. The summed E-state index contributed by atoms with van der Waals surface area (Å²) in [6.45, 7) is 0.181. The van der Waals surface area contributed by atoms with Gasteiger partial charge in [0.15, 0.2) is 0 Å². The van der Waals surface area contributed by atoms with Gasteiger partial charge in [-0.25, -0.2) is 14.1 Å². The second-order valence-electron chi connectivity index (χ2n) is 7.26. The highest BCUT2D eigenvalue weighted by Crippen LogP contribution is 2.29. The van der Waals surface area contributed by atoms with Gasteiger partial charge in [0, 0.05) is 0 Å². The summed E-state index contributed by atoms with van der Waals surface area (Å²) >= 11 is 6.31. The molecule has 0 saturated carbocycles. The molecule has 0 spiro atoms. The number of ether oxygens (including phenoxy) is 2. The molecule has 0 aromatic heterocycles. The van der Waals surface area contributed by atoms with E-state index in [2.05, 4.69) is 5.32 Å². The zero-order valence-corrected chi connectivity index (χ0v) is 18.6. The molecule has 3 aromatic rings. The number of methoxy groups -OCH3 is 1. The maximum Gasteiger partial charge on any atom is 0.335 e. The molecular weight excluding hydrogens is 463 g/mol. The first kappa shape index (κ1) is 23.0. The van der Waals surface area contributed by atoms with Crippen molar-refractivity contribution in [2.45, 2.75) is 6.61 Å². The number of barbiturate groups is 1. The molecule has 3 aromatic carbocycles. The van der Waals surface area contributed by atoms with Gasteiger partial charge < -0.3 is 9.47 Å². The van der Waals surface area contributed by atoms with Crippen molar-refractivity contribution in [3.05, 3.63) is 94.3 Å². The summed E-state index contributed by atoms with van der Waals surface area (Å²) < 4.78 is 23.8. The van der Waals surface area contributed by atoms with Crippen LogP contribution in [0.15, 0.2) is 72.3 Å². The third-order valence-corrected chi connectivity index (χ3v) is 5.30. The number of imide groups is 2. The summed E-state index contributed by atoms with van der Waals surface area (Å²) in [5, 5.41) is 2.42. The van der Waals surface area contributed by atoms with Gasteiger partial charge in [-0.3, -0.25) is 14.9 Å². The van der Waals surface area contributed by atoms with Crippen LogP contribution in [0.2, 0.25) is 5.02 Å². The number of urea groups is 1. The fourth-order valence-corrected chi connectivity index (χ4v) is 3.50. The second kappa shape index (κ2) is 9.76. The normalized spacial score (nSPS) is 14.9. The van der Waals surface area contributed by atoms with E-state index in [1.807, 2.05) is 0 Å². The van der Waals surface area contributed by atoms with Crippen LogP contribution in [0.25, 0.3) is 6.08 Å². The molecule has 9 heteroatoms. The third-order valence-electron chi connectivity index (χ3n) is 5.01. The highest BCUT2D eigenvalue weighted by molar-refractivity contribution is 6.39. The van der Waals surface area contributed by atoms with Crippen LogP contribution in [0.5, 0.6) is 11.5 Å². The SMILES string of the molecule is COc1ccc(N2C(=O)NC(=O)/C(=C\c3ccc(OCc4ccc(F)cc4)c(Cl)c3)C2=O)cc1. The number of halogens is 2. The van der Waals surface area contributed by atoms with Crippen LogP contribution in [0, 0.1) is 5.82 Å². The van der Waals surface area contributed by atoms with E-state index < -0.39 is 17.8 Å². The molecular formula is C25H18ClFN2O5. The lowest BCUT2D eigenvalue weighted by Gasteiger charge is -2.26. The summed E-state index contributed by atoms with van der Waals surface area (Å²) in [7, 11) is 1.50. The lowest BCUT2D eigenvalue weighted by molar-refractivity contribution is -0.122. The number of benzene rings is 3. The van der Waals surface area contributed by atoms with E-state index >= 15 is 0 Å². The van der Waals surface area contributed by atoms with Crippen LogP contribution in [-0.4, -0.2) is 25.0 Å². The topological polar surface area (TPSA) is 84.9 Å². The molecule has 0 bridgehead atoms. The van der Waals surface area contributed by atoms with Crippen molar-refractivity contribution in [1.82, 2.24) is 5.32 Å². The number of hydrogen-bond donors (Lipinski definition) is 1. The highest BCUT2D eigenvalue weighted by atomic mass is 35.5. The van der Waals surface area contributed by atoms with Crippen LogP contribution in [0.3, 0.4) is 0 Å². The average molecular weight is 481 g/mol. The Morgan fingerprint density at radius 2 is 1.71 bits per heavy atom. The second-order valence-corrected chi connectivity index (χ2v) is 7.67. The number of anilines is 1. The van der Waals surface area contributed by atoms with Gasteiger partial charge in [-0.1, -0.05) is 29.8 Å². The maximum absolute atomic E-state index is 13.0. The molecule has 0 radical (unpaired) electrons. The Bertz CT molecular complexity index is 1290. The number of nitrogens with zero attached hydrogens (tertiary/aromatic N) is 1. The first-order valence-corrected chi connectivity index (χ1v) is 10.5. The van der Waals surface area contributed by atoms with Gasteiger partial charge in [0.05, 0.1) is 17.8 Å². The lowest BCUT2D eigenvalue weighted by Crippen LogP contribution is -2.54. The average Bonchev–Trinajstić information content (AvgIpc) is 2.82. The molecule has 1 heterocycles. The number of amides is 4. The van der Waals surface area contributed by atoms with Crippen LogP contribution < -0.4 is 19.7 Å². The first-order valence-electron chi connectivity index (χ1n) is 10.1. The standard InChI is InChI=1S/C25H18ClFN2O5/c1-33-19-9-7-18(8-10-19)29-24(31)20(23(30)28-25(29)32)12-16-4-11-22(21(26)13-16)34-14-15-2-5-17(27)6-3-15/h2-13H,14H2,1H3,(H,28,30,32)/b20-12+.